The number of hydrogen-bond donors (Lipinski definition) is 3. The molecule has 0 fully saturated rings. The third-order valence-electron chi connectivity index (χ3n) is 1.03. The fourth-order valence-corrected chi connectivity index (χ4v) is 0.627. The molecule has 0 aliphatic carbocycles. The summed E-state index contributed by atoms with van der Waals surface area (Å²) in [5, 5.41) is 13.4. The monoisotopic (exact) mass is 128 g/mol. The van der Waals surface area contributed by atoms with Crippen LogP contribution < -0.4 is 5.56 Å². The van der Waals surface area contributed by atoms with Crippen LogP contribution in [0.2, 0.25) is 0 Å². The van der Waals surface area contributed by atoms with E-state index in [4.69, 9.17) is 5.11 Å². The molecule has 1 aromatic heterocycles. The number of aliphatic hydroxyl groups is 1. The van der Waals surface area contributed by atoms with Crippen LogP contribution in [0.4, 0.5) is 0 Å². The molecule has 0 amide bonds. The number of aliphatic hydroxyl groups excluding tert-OH is 1. The fraction of sp³-hybridized carbons (Fsp3) is 0.400. The van der Waals surface area contributed by atoms with Crippen molar-refractivity contribution < 1.29 is 5.11 Å². The second kappa shape index (κ2) is 2.50. The minimum absolute atomic E-state index is 0.0633. The van der Waals surface area contributed by atoms with Gasteiger partial charge in [-0.25, -0.2) is 0 Å². The van der Waals surface area contributed by atoms with Crippen molar-refractivity contribution in [1.29, 1.82) is 0 Å². The summed E-state index contributed by atoms with van der Waals surface area (Å²) in [4.78, 5) is 10.4. The highest BCUT2D eigenvalue weighted by atomic mass is 16.3. The maximum atomic E-state index is 10.4. The Morgan fingerprint density at radius 2 is 2.33 bits per heavy atom. The highest BCUT2D eigenvalue weighted by Gasteiger charge is 1.91. The van der Waals surface area contributed by atoms with Gasteiger partial charge in [0.2, 0.25) is 0 Å². The Morgan fingerprint density at radius 3 is 2.78 bits per heavy atom. The maximum absolute atomic E-state index is 10.4. The predicted octanol–water partition coefficient (Wildman–Crippen LogP) is -0.762. The van der Waals surface area contributed by atoms with Crippen LogP contribution in [0.1, 0.15) is 5.69 Å². The number of aromatic amines is 2. The van der Waals surface area contributed by atoms with Crippen LogP contribution >= 0.6 is 0 Å². The van der Waals surface area contributed by atoms with Crippen molar-refractivity contribution in [2.75, 3.05) is 6.61 Å². The first-order chi connectivity index (χ1) is 4.33. The summed E-state index contributed by atoms with van der Waals surface area (Å²) in [5.41, 5.74) is 0.584. The number of aromatic nitrogens is 2. The van der Waals surface area contributed by atoms with E-state index < -0.39 is 0 Å². The molecule has 50 valence electrons. The summed E-state index contributed by atoms with van der Waals surface area (Å²) in [6.07, 6.45) is 0.499. The van der Waals surface area contributed by atoms with Crippen LogP contribution in [0.5, 0.6) is 0 Å². The SMILES string of the molecule is O=c1cc(CCO)[nH][nH]1. The van der Waals surface area contributed by atoms with Crippen molar-refractivity contribution in [1.82, 2.24) is 10.2 Å². The van der Waals surface area contributed by atoms with E-state index in [0.717, 1.165) is 5.69 Å². The minimum Gasteiger partial charge on any atom is -0.396 e. The molecule has 0 saturated carbocycles. The van der Waals surface area contributed by atoms with E-state index in [9.17, 15) is 4.79 Å². The molecule has 4 nitrogen and oxygen atoms in total. The normalized spacial score (nSPS) is 9.89. The van der Waals surface area contributed by atoms with Gasteiger partial charge in [0.25, 0.3) is 5.56 Å². The molecular weight excluding hydrogens is 120 g/mol. The Balaban J connectivity index is 2.73. The highest BCUT2D eigenvalue weighted by molar-refractivity contribution is 4.97. The Hall–Kier alpha value is -1.03. The molecule has 0 aliphatic rings. The third kappa shape index (κ3) is 1.43. The lowest BCUT2D eigenvalue weighted by Gasteiger charge is -1.86. The molecule has 1 rings (SSSR count). The smallest absolute Gasteiger partial charge is 0.264 e. The van der Waals surface area contributed by atoms with E-state index in [0.29, 0.717) is 6.42 Å². The van der Waals surface area contributed by atoms with Gasteiger partial charge < -0.3 is 10.2 Å². The lowest BCUT2D eigenvalue weighted by molar-refractivity contribution is 0.298. The van der Waals surface area contributed by atoms with E-state index in [-0.39, 0.29) is 12.2 Å². The quantitative estimate of drug-likeness (QED) is 0.490. The second-order valence-corrected chi connectivity index (χ2v) is 1.76. The van der Waals surface area contributed by atoms with Gasteiger partial charge in [-0.3, -0.25) is 9.89 Å². The molecule has 0 atom stereocenters. The van der Waals surface area contributed by atoms with Crippen LogP contribution in [0.3, 0.4) is 0 Å². The Bertz CT molecular complexity index is 225. The first-order valence-electron chi connectivity index (χ1n) is 2.70. The van der Waals surface area contributed by atoms with Crippen LogP contribution in [0.25, 0.3) is 0 Å². The van der Waals surface area contributed by atoms with E-state index >= 15 is 0 Å². The second-order valence-electron chi connectivity index (χ2n) is 1.76. The van der Waals surface area contributed by atoms with Gasteiger partial charge in [0.15, 0.2) is 0 Å². The molecule has 0 radical (unpaired) electrons. The number of nitrogens with one attached hydrogen (secondary N) is 2. The van der Waals surface area contributed by atoms with Crippen molar-refractivity contribution in [2.45, 2.75) is 6.42 Å². The van der Waals surface area contributed by atoms with Crippen molar-refractivity contribution >= 4 is 0 Å². The summed E-state index contributed by atoms with van der Waals surface area (Å²) < 4.78 is 0. The lowest BCUT2D eigenvalue weighted by Crippen LogP contribution is -1.94. The summed E-state index contributed by atoms with van der Waals surface area (Å²) >= 11 is 0. The van der Waals surface area contributed by atoms with Gasteiger partial charge in [-0.1, -0.05) is 0 Å². The number of rotatable bonds is 2. The molecule has 0 spiro atoms. The van der Waals surface area contributed by atoms with Crippen molar-refractivity contribution in [2.24, 2.45) is 0 Å². The first kappa shape index (κ1) is 6.10. The topological polar surface area (TPSA) is 68.9 Å². The van der Waals surface area contributed by atoms with E-state index in [1.807, 2.05) is 0 Å². The van der Waals surface area contributed by atoms with Crippen LogP contribution in [-0.4, -0.2) is 21.9 Å². The third-order valence-corrected chi connectivity index (χ3v) is 1.03. The molecule has 3 N–H and O–H groups in total. The minimum atomic E-state index is -0.154. The highest BCUT2D eigenvalue weighted by Crippen LogP contribution is 1.85. The van der Waals surface area contributed by atoms with Gasteiger partial charge in [0.05, 0.1) is 0 Å². The predicted molar refractivity (Wildman–Crippen MR) is 32.2 cm³/mol. The molecule has 0 unspecified atom stereocenters. The van der Waals surface area contributed by atoms with E-state index in [1.54, 1.807) is 0 Å². The summed E-state index contributed by atoms with van der Waals surface area (Å²) in [6.45, 7) is 0.0633. The number of H-pyrrole nitrogens is 2. The molecular formula is C5H8N2O2. The molecule has 0 aliphatic heterocycles. The Kier molecular flexibility index (Phi) is 1.69. The number of hydrogen-bond acceptors (Lipinski definition) is 2. The zero-order valence-electron chi connectivity index (χ0n) is 4.85. The van der Waals surface area contributed by atoms with E-state index in [1.165, 1.54) is 6.07 Å². The first-order valence-corrected chi connectivity index (χ1v) is 2.70. The molecule has 9 heavy (non-hydrogen) atoms. The van der Waals surface area contributed by atoms with Gasteiger partial charge in [-0.2, -0.15) is 0 Å². The van der Waals surface area contributed by atoms with Crippen molar-refractivity contribution in [3.8, 4) is 0 Å². The summed E-state index contributed by atoms with van der Waals surface area (Å²) in [7, 11) is 0. The largest absolute Gasteiger partial charge is 0.396 e. The molecule has 1 aromatic rings. The van der Waals surface area contributed by atoms with Crippen molar-refractivity contribution in [3.05, 3.63) is 22.1 Å². The molecule has 0 aromatic carbocycles. The molecule has 0 bridgehead atoms. The van der Waals surface area contributed by atoms with Gasteiger partial charge in [-0.05, 0) is 0 Å². The average Bonchev–Trinajstić information content (AvgIpc) is 2.17. The summed E-state index contributed by atoms with van der Waals surface area (Å²) in [5.74, 6) is 0. The lowest BCUT2D eigenvalue weighted by atomic mass is 10.3. The van der Waals surface area contributed by atoms with Gasteiger partial charge >= 0.3 is 0 Å². The van der Waals surface area contributed by atoms with Gasteiger partial charge in [0, 0.05) is 24.8 Å². The van der Waals surface area contributed by atoms with Gasteiger partial charge in [-0.15, -0.1) is 0 Å². The van der Waals surface area contributed by atoms with Crippen LogP contribution in [0, 0.1) is 0 Å². The van der Waals surface area contributed by atoms with Crippen LogP contribution in [-0.2, 0) is 6.42 Å². The van der Waals surface area contributed by atoms with E-state index in [2.05, 4.69) is 10.2 Å². The Morgan fingerprint density at radius 1 is 1.56 bits per heavy atom. The molecule has 1 heterocycles. The fourth-order valence-electron chi connectivity index (χ4n) is 0.627. The van der Waals surface area contributed by atoms with Crippen LogP contribution in [0.15, 0.2) is 10.9 Å². The van der Waals surface area contributed by atoms with Gasteiger partial charge in [0.1, 0.15) is 0 Å². The average molecular weight is 128 g/mol. The zero-order valence-corrected chi connectivity index (χ0v) is 4.85. The molecule has 0 saturated heterocycles. The zero-order chi connectivity index (χ0) is 6.69. The maximum Gasteiger partial charge on any atom is 0.264 e. The standard InChI is InChI=1S/C5H8N2O2/c8-2-1-4-3-5(9)7-6-4/h3,8H,1-2H2,(H2,6,7,9). The molecule has 4 heteroatoms. The Labute approximate surface area is 51.5 Å². The summed E-state index contributed by atoms with van der Waals surface area (Å²) in [6, 6.07) is 1.43. The van der Waals surface area contributed by atoms with Crippen molar-refractivity contribution in [3.63, 3.8) is 0 Å².